The minimum atomic E-state index is -0.827. The van der Waals surface area contributed by atoms with Crippen molar-refractivity contribution >= 4 is 24.8 Å². The van der Waals surface area contributed by atoms with Gasteiger partial charge in [0.1, 0.15) is 24.5 Å². The predicted octanol–water partition coefficient (Wildman–Crippen LogP) is 1.99. The molecule has 3 amide bonds. The highest BCUT2D eigenvalue weighted by atomic mass is 16.6. The summed E-state index contributed by atoms with van der Waals surface area (Å²) in [7, 11) is 0. The molecule has 9 nitrogen and oxygen atoms in total. The molecule has 0 unspecified atom stereocenters. The van der Waals surface area contributed by atoms with Crippen LogP contribution >= 0.6 is 0 Å². The van der Waals surface area contributed by atoms with Crippen molar-refractivity contribution in [3.8, 4) is 0 Å². The smallest absolute Gasteiger partial charge is 0.408 e. The van der Waals surface area contributed by atoms with E-state index < -0.39 is 36.0 Å². The Morgan fingerprint density at radius 2 is 1.92 bits per heavy atom. The molecule has 1 saturated heterocycles. The third-order valence-corrected chi connectivity index (χ3v) is 3.54. The van der Waals surface area contributed by atoms with E-state index in [1.54, 1.807) is 34.6 Å². The van der Waals surface area contributed by atoms with Gasteiger partial charge in [-0.25, -0.2) is 19.4 Å². The fourth-order valence-electron chi connectivity index (χ4n) is 2.31. The number of hydrogen-bond donors (Lipinski definition) is 2. The zero-order chi connectivity index (χ0) is 19.9. The van der Waals surface area contributed by atoms with Crippen molar-refractivity contribution in [1.82, 2.24) is 10.6 Å². The minimum Gasteiger partial charge on any atom is -0.461 e. The predicted molar refractivity (Wildman–Crippen MR) is 94.9 cm³/mol. The van der Waals surface area contributed by atoms with Crippen LogP contribution in [0, 0.1) is 5.92 Å². The molecule has 1 aliphatic heterocycles. The molecule has 0 aromatic rings. The van der Waals surface area contributed by atoms with Gasteiger partial charge >= 0.3 is 18.1 Å². The fraction of sp³-hybridized carbons (Fsp3) is 0.765. The average molecular weight is 371 g/mol. The monoisotopic (exact) mass is 371 g/mol. The van der Waals surface area contributed by atoms with E-state index >= 15 is 0 Å². The number of ether oxygens (including phenoxy) is 3. The van der Waals surface area contributed by atoms with Gasteiger partial charge in [0, 0.05) is 0 Å². The summed E-state index contributed by atoms with van der Waals surface area (Å²) in [6.07, 6.45) is -0.264. The molecule has 0 bridgehead atoms. The van der Waals surface area contributed by atoms with E-state index in [1.807, 2.05) is 0 Å². The second-order valence-electron chi connectivity index (χ2n) is 7.43. The summed E-state index contributed by atoms with van der Waals surface area (Å²) in [4.78, 5) is 38.6. The van der Waals surface area contributed by atoms with Gasteiger partial charge < -0.3 is 24.8 Å². The lowest BCUT2D eigenvalue weighted by Crippen LogP contribution is -2.47. The summed E-state index contributed by atoms with van der Waals surface area (Å²) in [6, 6.07) is -1.39. The highest BCUT2D eigenvalue weighted by molar-refractivity contribution is 5.81. The number of carbonyl (C=O) groups excluding carboxylic acids is 3. The molecule has 1 fully saturated rings. The number of esters is 1. The second-order valence-corrected chi connectivity index (χ2v) is 7.43. The molecule has 9 heteroatoms. The van der Waals surface area contributed by atoms with Crippen LogP contribution in [0.15, 0.2) is 4.99 Å². The van der Waals surface area contributed by atoms with Crippen LogP contribution in [-0.4, -0.2) is 55.4 Å². The third-order valence-electron chi connectivity index (χ3n) is 3.54. The first kappa shape index (κ1) is 21.9. The van der Waals surface area contributed by atoms with Crippen LogP contribution in [0.4, 0.5) is 9.59 Å². The Labute approximate surface area is 153 Å². The maximum atomic E-state index is 12.3. The number of nitrogens with zero attached hydrogens (tertiary/aromatic N) is 1. The largest absolute Gasteiger partial charge is 0.461 e. The van der Waals surface area contributed by atoms with Crippen molar-refractivity contribution in [2.75, 3.05) is 6.61 Å². The van der Waals surface area contributed by atoms with Gasteiger partial charge in [-0.05, 0) is 46.2 Å². The molecule has 0 saturated carbocycles. The summed E-state index contributed by atoms with van der Waals surface area (Å²) >= 11 is 0. The van der Waals surface area contributed by atoms with Gasteiger partial charge in [-0.1, -0.05) is 13.8 Å². The topological polar surface area (TPSA) is 115 Å². The van der Waals surface area contributed by atoms with Gasteiger partial charge in [-0.2, -0.15) is 0 Å². The van der Waals surface area contributed by atoms with Crippen molar-refractivity contribution in [1.29, 1.82) is 0 Å². The number of aliphatic imine (C=N–C) groups is 1. The van der Waals surface area contributed by atoms with E-state index in [1.165, 1.54) is 0 Å². The summed E-state index contributed by atoms with van der Waals surface area (Å²) in [5.74, 6) is -0.736. The molecule has 148 valence electrons. The molecule has 0 aromatic carbocycles. The minimum absolute atomic E-state index is 0.0337. The zero-order valence-electron chi connectivity index (χ0n) is 16.0. The third kappa shape index (κ3) is 7.81. The number of urea groups is 1. The maximum absolute atomic E-state index is 12.3. The van der Waals surface area contributed by atoms with E-state index in [-0.39, 0.29) is 18.6 Å². The molecule has 3 atom stereocenters. The van der Waals surface area contributed by atoms with Crippen molar-refractivity contribution in [2.24, 2.45) is 10.9 Å². The molecular weight excluding hydrogens is 342 g/mol. The summed E-state index contributed by atoms with van der Waals surface area (Å²) < 4.78 is 16.0. The number of hydrogen-bond acceptors (Lipinski definition) is 6. The zero-order valence-corrected chi connectivity index (χ0v) is 16.0. The van der Waals surface area contributed by atoms with Crippen LogP contribution in [-0.2, 0) is 19.0 Å². The van der Waals surface area contributed by atoms with E-state index in [9.17, 15) is 14.4 Å². The van der Waals surface area contributed by atoms with Gasteiger partial charge in [0.05, 0.1) is 6.10 Å². The summed E-state index contributed by atoms with van der Waals surface area (Å²) in [5.41, 5.74) is -0.660. The Bertz CT molecular complexity index is 529. The molecule has 1 heterocycles. The van der Waals surface area contributed by atoms with Crippen molar-refractivity contribution < 1.29 is 28.6 Å². The van der Waals surface area contributed by atoms with Gasteiger partial charge in [0.15, 0.2) is 0 Å². The lowest BCUT2D eigenvalue weighted by Gasteiger charge is -2.25. The highest BCUT2D eigenvalue weighted by Gasteiger charge is 2.31. The van der Waals surface area contributed by atoms with Gasteiger partial charge in [-0.3, -0.25) is 0 Å². The Morgan fingerprint density at radius 3 is 2.46 bits per heavy atom. The van der Waals surface area contributed by atoms with Crippen molar-refractivity contribution in [2.45, 2.75) is 71.4 Å². The number of amides is 3. The van der Waals surface area contributed by atoms with Gasteiger partial charge in [-0.15, -0.1) is 0 Å². The highest BCUT2D eigenvalue weighted by Crippen LogP contribution is 2.19. The summed E-state index contributed by atoms with van der Waals surface area (Å²) in [5, 5.41) is 5.07. The lowest BCUT2D eigenvalue weighted by atomic mass is 10.1. The van der Waals surface area contributed by atoms with Gasteiger partial charge in [0.2, 0.25) is 0 Å². The molecular formula is C17H29N3O6. The number of rotatable bonds is 6. The first-order chi connectivity index (χ1) is 12.0. The van der Waals surface area contributed by atoms with E-state index in [0.717, 1.165) is 0 Å². The Kier molecular flexibility index (Phi) is 8.01. The number of alkyl carbamates (subject to hydrolysis) is 1. The molecule has 2 N–H and O–H groups in total. The molecule has 26 heavy (non-hydrogen) atoms. The number of nitrogens with one attached hydrogen (secondary N) is 2. The van der Waals surface area contributed by atoms with E-state index in [0.29, 0.717) is 12.8 Å². The molecule has 1 aliphatic rings. The van der Waals surface area contributed by atoms with Gasteiger partial charge in [0.25, 0.3) is 0 Å². The quantitative estimate of drug-likeness (QED) is 0.545. The second kappa shape index (κ2) is 9.51. The lowest BCUT2D eigenvalue weighted by molar-refractivity contribution is -0.151. The van der Waals surface area contributed by atoms with E-state index in [4.69, 9.17) is 14.2 Å². The Morgan fingerprint density at radius 1 is 1.27 bits per heavy atom. The normalized spacial score (nSPS) is 21.0. The number of carbonyl (C=O) groups is 3. The van der Waals surface area contributed by atoms with E-state index in [2.05, 4.69) is 22.3 Å². The van der Waals surface area contributed by atoms with Crippen LogP contribution in [0.25, 0.3) is 0 Å². The first-order valence-electron chi connectivity index (χ1n) is 8.60. The molecule has 0 spiro atoms. The van der Waals surface area contributed by atoms with Crippen LogP contribution in [0.1, 0.15) is 47.5 Å². The molecule has 1 rings (SSSR count). The van der Waals surface area contributed by atoms with Crippen LogP contribution < -0.4 is 10.6 Å². The fourth-order valence-corrected chi connectivity index (χ4v) is 2.31. The van der Waals surface area contributed by atoms with Crippen LogP contribution in [0.5, 0.6) is 0 Å². The molecule has 0 radical (unpaired) electrons. The van der Waals surface area contributed by atoms with Crippen molar-refractivity contribution in [3.05, 3.63) is 0 Å². The van der Waals surface area contributed by atoms with Crippen LogP contribution in [0.2, 0.25) is 0 Å². The molecule has 0 aliphatic carbocycles. The standard InChI is InChI=1S/C17H29N3O6/c1-10(2)13(20-16(23)26-17(3,4)5)14(21)24-9-11-7-8-12(25-11)19-15(22)18-6/h10-13H,6-9H2,1-5H3,(H,19,22)(H,20,23)/t11-,12+,13-/m0/s1. The average Bonchev–Trinajstić information content (AvgIpc) is 2.95. The first-order valence-corrected chi connectivity index (χ1v) is 8.60. The Balaban J connectivity index is 2.47. The van der Waals surface area contributed by atoms with Crippen molar-refractivity contribution in [3.63, 3.8) is 0 Å². The van der Waals surface area contributed by atoms with Crippen LogP contribution in [0.3, 0.4) is 0 Å². The Hall–Kier alpha value is -2.16. The SMILES string of the molecule is C=NC(=O)N[C@H]1CC[C@@H](COC(=O)[C@@H](NC(=O)OC(C)(C)C)C(C)C)O1. The summed E-state index contributed by atoms with van der Waals surface area (Å²) in [6.45, 7) is 12.0. The molecule has 0 aromatic heterocycles. The maximum Gasteiger partial charge on any atom is 0.408 e.